The van der Waals surface area contributed by atoms with Crippen LogP contribution < -0.4 is 5.43 Å². The molecule has 1 saturated carbocycles. The van der Waals surface area contributed by atoms with E-state index in [0.717, 1.165) is 47.9 Å². The van der Waals surface area contributed by atoms with Gasteiger partial charge in [0.05, 0.1) is 0 Å². The minimum Gasteiger partial charge on any atom is -0.267 e. The van der Waals surface area contributed by atoms with E-state index >= 15 is 0 Å². The summed E-state index contributed by atoms with van der Waals surface area (Å²) in [5.41, 5.74) is 6.93. The molecule has 0 atom stereocenters. The molecule has 1 aliphatic carbocycles. The van der Waals surface area contributed by atoms with Gasteiger partial charge in [0.1, 0.15) is 0 Å². The van der Waals surface area contributed by atoms with Crippen molar-refractivity contribution in [2.24, 2.45) is 5.10 Å². The Morgan fingerprint density at radius 3 is 2.37 bits per heavy atom. The second kappa shape index (κ2) is 10.2. The molecule has 2 aromatic carbocycles. The quantitative estimate of drug-likeness (QED) is 0.340. The van der Waals surface area contributed by atoms with E-state index in [1.165, 1.54) is 5.56 Å². The molecule has 6 heteroatoms. The summed E-state index contributed by atoms with van der Waals surface area (Å²) in [7, 11) is 0. The predicted octanol–water partition coefficient (Wildman–Crippen LogP) is 5.21. The summed E-state index contributed by atoms with van der Waals surface area (Å²) in [6.07, 6.45) is 7.48. The van der Waals surface area contributed by atoms with E-state index in [1.807, 2.05) is 24.3 Å². The molecule has 0 unspecified atom stereocenters. The molecule has 1 heterocycles. The van der Waals surface area contributed by atoms with Crippen LogP contribution >= 0.6 is 11.8 Å². The Kier molecular flexibility index (Phi) is 6.87. The molecule has 0 saturated heterocycles. The fraction of sp³-hybridized carbons (Fsp3) is 0.250. The first-order chi connectivity index (χ1) is 14.8. The number of carbonyl (C=O) groups excluding carboxylic acids is 1. The maximum absolute atomic E-state index is 12.4. The van der Waals surface area contributed by atoms with E-state index in [1.54, 1.807) is 30.2 Å². The van der Waals surface area contributed by atoms with Crippen LogP contribution in [0.25, 0.3) is 0 Å². The summed E-state index contributed by atoms with van der Waals surface area (Å²) in [4.78, 5) is 20.8. The van der Waals surface area contributed by atoms with Crippen LogP contribution in [0.2, 0.25) is 0 Å². The highest BCUT2D eigenvalue weighted by Gasteiger charge is 2.19. The second-order valence-corrected chi connectivity index (χ2v) is 8.26. The lowest BCUT2D eigenvalue weighted by molar-refractivity contribution is 0.0954. The lowest BCUT2D eigenvalue weighted by Gasteiger charge is -2.23. The number of amides is 1. The number of rotatable bonds is 6. The van der Waals surface area contributed by atoms with Gasteiger partial charge >= 0.3 is 0 Å². The second-order valence-electron chi connectivity index (χ2n) is 7.32. The van der Waals surface area contributed by atoms with Gasteiger partial charge in [0.2, 0.25) is 0 Å². The molecule has 4 rings (SSSR count). The fourth-order valence-electron chi connectivity index (χ4n) is 3.58. The van der Waals surface area contributed by atoms with Crippen molar-refractivity contribution in [1.82, 2.24) is 15.4 Å². The first-order valence-corrected chi connectivity index (χ1v) is 11.2. The van der Waals surface area contributed by atoms with E-state index in [4.69, 9.17) is 0 Å². The number of aromatic nitrogens is 2. The van der Waals surface area contributed by atoms with E-state index in [9.17, 15) is 4.79 Å². The van der Waals surface area contributed by atoms with Crippen molar-refractivity contribution in [3.8, 4) is 0 Å². The number of nitrogens with zero attached hydrogens (tertiary/aromatic N) is 3. The van der Waals surface area contributed by atoms with Crippen molar-refractivity contribution < 1.29 is 4.79 Å². The van der Waals surface area contributed by atoms with E-state index < -0.39 is 0 Å². The van der Waals surface area contributed by atoms with Crippen molar-refractivity contribution >= 4 is 23.4 Å². The average Bonchev–Trinajstić information content (AvgIpc) is 2.83. The Hall–Kier alpha value is -2.99. The third-order valence-electron chi connectivity index (χ3n) is 5.28. The summed E-state index contributed by atoms with van der Waals surface area (Å²) < 4.78 is 0. The van der Waals surface area contributed by atoms with Crippen LogP contribution in [0.4, 0.5) is 0 Å². The minimum atomic E-state index is -0.168. The fourth-order valence-corrected chi connectivity index (χ4v) is 4.33. The monoisotopic (exact) mass is 416 g/mol. The SMILES string of the molecule is O=C(NN=C1CCC(c2ccccc2)CC1)c1ccc(CSc2ncccn2)cc1. The van der Waals surface area contributed by atoms with Crippen molar-refractivity contribution in [3.63, 3.8) is 0 Å². The topological polar surface area (TPSA) is 67.2 Å². The smallest absolute Gasteiger partial charge is 0.267 e. The van der Waals surface area contributed by atoms with Gasteiger partial charge in [-0.3, -0.25) is 4.79 Å². The molecule has 1 aliphatic rings. The Bertz CT molecular complexity index is 981. The summed E-state index contributed by atoms with van der Waals surface area (Å²) in [5.74, 6) is 1.18. The van der Waals surface area contributed by atoms with E-state index in [-0.39, 0.29) is 5.91 Å². The largest absolute Gasteiger partial charge is 0.271 e. The Balaban J connectivity index is 1.26. The number of carbonyl (C=O) groups is 1. The first kappa shape index (κ1) is 20.3. The number of hydrazone groups is 1. The van der Waals surface area contributed by atoms with Gasteiger partial charge < -0.3 is 0 Å². The maximum Gasteiger partial charge on any atom is 0.271 e. The lowest BCUT2D eigenvalue weighted by Crippen LogP contribution is -2.22. The summed E-state index contributed by atoms with van der Waals surface area (Å²) in [5, 5.41) is 5.13. The number of benzene rings is 2. The minimum absolute atomic E-state index is 0.168. The molecule has 0 bridgehead atoms. The Labute approximate surface area is 181 Å². The van der Waals surface area contributed by atoms with Gasteiger partial charge in [-0.15, -0.1) is 0 Å². The average molecular weight is 417 g/mol. The third kappa shape index (κ3) is 5.54. The zero-order chi connectivity index (χ0) is 20.6. The van der Waals surface area contributed by atoms with Crippen LogP contribution in [0.15, 0.2) is 83.3 Å². The highest BCUT2D eigenvalue weighted by Crippen LogP contribution is 2.31. The van der Waals surface area contributed by atoms with Crippen molar-refractivity contribution in [1.29, 1.82) is 0 Å². The van der Waals surface area contributed by atoms with Crippen molar-refractivity contribution in [2.75, 3.05) is 0 Å². The molecule has 1 amide bonds. The molecule has 1 fully saturated rings. The summed E-state index contributed by atoms with van der Waals surface area (Å²) in [6.45, 7) is 0. The van der Waals surface area contributed by atoms with Gasteiger partial charge in [-0.2, -0.15) is 5.10 Å². The standard InChI is InChI=1S/C24H24N4OS/c29-23(21-9-7-18(8-10-21)17-30-24-25-15-4-16-26-24)28-27-22-13-11-20(12-14-22)19-5-2-1-3-6-19/h1-10,15-16,20H,11-14,17H2,(H,28,29). The first-order valence-electron chi connectivity index (χ1n) is 10.2. The van der Waals surface area contributed by atoms with Crippen LogP contribution in [0.3, 0.4) is 0 Å². The lowest BCUT2D eigenvalue weighted by atomic mass is 9.83. The third-order valence-corrected chi connectivity index (χ3v) is 6.22. The number of thioether (sulfide) groups is 1. The van der Waals surface area contributed by atoms with E-state index in [2.05, 4.69) is 50.8 Å². The van der Waals surface area contributed by atoms with E-state index in [0.29, 0.717) is 11.5 Å². The molecular formula is C24H24N4OS. The Morgan fingerprint density at radius 1 is 0.967 bits per heavy atom. The highest BCUT2D eigenvalue weighted by atomic mass is 32.2. The molecule has 1 aromatic heterocycles. The molecule has 30 heavy (non-hydrogen) atoms. The molecule has 3 aromatic rings. The van der Waals surface area contributed by atoms with Crippen molar-refractivity contribution in [3.05, 3.63) is 89.7 Å². The van der Waals surface area contributed by atoms with Gasteiger partial charge in [0.15, 0.2) is 5.16 Å². The van der Waals surface area contributed by atoms with Gasteiger partial charge in [0, 0.05) is 29.4 Å². The van der Waals surface area contributed by atoms with Crippen LogP contribution in [0, 0.1) is 0 Å². The zero-order valence-corrected chi connectivity index (χ0v) is 17.5. The van der Waals surface area contributed by atoms with Gasteiger partial charge in [-0.05, 0) is 60.9 Å². The molecule has 0 aliphatic heterocycles. The molecule has 0 spiro atoms. The normalized spacial score (nSPS) is 16.1. The van der Waals surface area contributed by atoms with Crippen LogP contribution in [0.1, 0.15) is 53.1 Å². The van der Waals surface area contributed by atoms with Crippen LogP contribution in [-0.2, 0) is 5.75 Å². The maximum atomic E-state index is 12.4. The zero-order valence-electron chi connectivity index (χ0n) is 16.7. The molecule has 5 nitrogen and oxygen atoms in total. The molecular weight excluding hydrogens is 392 g/mol. The number of nitrogens with one attached hydrogen (secondary N) is 1. The van der Waals surface area contributed by atoms with Gasteiger partial charge in [-0.25, -0.2) is 15.4 Å². The highest BCUT2D eigenvalue weighted by molar-refractivity contribution is 7.98. The molecule has 0 radical (unpaired) electrons. The van der Waals surface area contributed by atoms with Crippen molar-refractivity contribution in [2.45, 2.75) is 42.5 Å². The summed E-state index contributed by atoms with van der Waals surface area (Å²) in [6, 6.07) is 20.0. The Morgan fingerprint density at radius 2 is 1.67 bits per heavy atom. The summed E-state index contributed by atoms with van der Waals surface area (Å²) >= 11 is 1.57. The van der Waals surface area contributed by atoms with Crippen LogP contribution in [0.5, 0.6) is 0 Å². The molecule has 1 N–H and O–H groups in total. The number of hydrogen-bond acceptors (Lipinski definition) is 5. The van der Waals surface area contributed by atoms with Gasteiger partial charge in [0.25, 0.3) is 5.91 Å². The predicted molar refractivity (Wildman–Crippen MR) is 121 cm³/mol. The van der Waals surface area contributed by atoms with Crippen LogP contribution in [-0.4, -0.2) is 21.6 Å². The molecule has 152 valence electrons. The number of hydrogen-bond donors (Lipinski definition) is 1. The van der Waals surface area contributed by atoms with Gasteiger partial charge in [-0.1, -0.05) is 54.2 Å².